The number of nitrogens with one attached hydrogen (secondary N) is 3. The number of alkyl carbamates (subject to hydrolysis) is 2. The number of methoxy groups -OCH3 is 4. The summed E-state index contributed by atoms with van der Waals surface area (Å²) in [6.07, 6.45) is 0.125. The first-order chi connectivity index (χ1) is 18.1. The molecule has 15 nitrogen and oxygen atoms in total. The van der Waals surface area contributed by atoms with Crippen LogP contribution < -0.4 is 25.8 Å². The third-order valence-corrected chi connectivity index (χ3v) is 6.62. The van der Waals surface area contributed by atoms with Crippen molar-refractivity contribution in [3.05, 3.63) is 6.07 Å². The van der Waals surface area contributed by atoms with Crippen molar-refractivity contribution in [3.63, 3.8) is 0 Å². The Labute approximate surface area is 222 Å². The van der Waals surface area contributed by atoms with Gasteiger partial charge in [-0.1, -0.05) is 0 Å². The number of aromatic nitrogens is 2. The van der Waals surface area contributed by atoms with Gasteiger partial charge in [0.1, 0.15) is 11.6 Å². The summed E-state index contributed by atoms with van der Waals surface area (Å²) in [5.74, 6) is -1.01. The van der Waals surface area contributed by atoms with Crippen molar-refractivity contribution < 1.29 is 38.0 Å². The molecule has 3 N–H and O–H groups in total. The number of hydrogen-bond acceptors (Lipinski definition) is 13. The first kappa shape index (κ1) is 29.4. The van der Waals surface area contributed by atoms with Gasteiger partial charge in [0, 0.05) is 81.6 Å². The van der Waals surface area contributed by atoms with Crippen LogP contribution in [0, 0.1) is 0 Å². The van der Waals surface area contributed by atoms with E-state index in [1.165, 1.54) is 42.3 Å². The Morgan fingerprint density at radius 2 is 1.32 bits per heavy atom. The van der Waals surface area contributed by atoms with E-state index < -0.39 is 24.1 Å². The maximum Gasteiger partial charge on any atom is 0.411 e. The molecule has 1 aromatic rings. The lowest BCUT2D eigenvalue weighted by molar-refractivity contribution is -0.323. The third kappa shape index (κ3) is 7.46. The monoisotopic (exact) mass is 541 g/mol. The second-order valence-electron chi connectivity index (χ2n) is 9.13. The van der Waals surface area contributed by atoms with Crippen LogP contribution in [-0.4, -0.2) is 108 Å². The zero-order chi connectivity index (χ0) is 27.9. The van der Waals surface area contributed by atoms with Crippen molar-refractivity contribution in [3.8, 4) is 0 Å². The molecule has 0 saturated carbocycles. The molecule has 2 unspecified atom stereocenters. The fourth-order valence-corrected chi connectivity index (χ4v) is 4.06. The van der Waals surface area contributed by atoms with Gasteiger partial charge in [0.05, 0.1) is 12.1 Å². The highest BCUT2D eigenvalue weighted by Crippen LogP contribution is 2.26. The average Bonchev–Trinajstić information content (AvgIpc) is 3.58. The third-order valence-electron chi connectivity index (χ3n) is 6.62. The molecular formula is C23H39N7O8. The van der Waals surface area contributed by atoms with E-state index in [1.807, 2.05) is 11.0 Å². The molecule has 38 heavy (non-hydrogen) atoms. The lowest BCUT2D eigenvalue weighted by Gasteiger charge is -2.26. The van der Waals surface area contributed by atoms with Crippen LogP contribution in [0.15, 0.2) is 6.07 Å². The number of rotatable bonds is 11. The average molecular weight is 542 g/mol. The van der Waals surface area contributed by atoms with Gasteiger partial charge in [-0.05, 0) is 12.8 Å². The summed E-state index contributed by atoms with van der Waals surface area (Å²) >= 11 is 0. The highest BCUT2D eigenvalue weighted by atomic mass is 16.9. The Hall–Kier alpha value is -3.14. The van der Waals surface area contributed by atoms with Crippen LogP contribution in [0.1, 0.15) is 26.7 Å². The first-order valence-corrected chi connectivity index (χ1v) is 12.3. The molecule has 2 aliphatic heterocycles. The smallest absolute Gasteiger partial charge is 0.392 e. The number of amides is 2. The second-order valence-corrected chi connectivity index (χ2v) is 9.13. The number of nitrogens with zero attached hydrogens (tertiary/aromatic N) is 4. The molecule has 1 aromatic heterocycles. The Morgan fingerprint density at radius 3 is 1.79 bits per heavy atom. The van der Waals surface area contributed by atoms with Crippen molar-refractivity contribution in [1.82, 2.24) is 20.6 Å². The molecule has 214 valence electrons. The molecule has 0 aromatic carbocycles. The molecule has 2 aliphatic rings. The van der Waals surface area contributed by atoms with Crippen molar-refractivity contribution in [2.24, 2.45) is 0 Å². The van der Waals surface area contributed by atoms with Crippen molar-refractivity contribution >= 4 is 29.8 Å². The maximum absolute atomic E-state index is 12.3. The molecule has 2 saturated heterocycles. The Kier molecular flexibility index (Phi) is 9.76. The van der Waals surface area contributed by atoms with E-state index in [-0.39, 0.29) is 12.1 Å². The lowest BCUT2D eigenvalue weighted by atomic mass is 10.3. The van der Waals surface area contributed by atoms with Gasteiger partial charge >= 0.3 is 24.1 Å². The second kappa shape index (κ2) is 12.6. The Morgan fingerprint density at radius 1 is 0.842 bits per heavy atom. The molecule has 0 spiro atoms. The van der Waals surface area contributed by atoms with E-state index in [4.69, 9.17) is 33.4 Å². The summed E-state index contributed by atoms with van der Waals surface area (Å²) in [6.45, 7) is 5.39. The molecule has 0 radical (unpaired) electrons. The van der Waals surface area contributed by atoms with E-state index in [0.29, 0.717) is 50.8 Å². The lowest BCUT2D eigenvalue weighted by Crippen LogP contribution is -2.44. The topological polar surface area (TPSA) is 158 Å². The van der Waals surface area contributed by atoms with Crippen LogP contribution >= 0.6 is 0 Å². The number of anilines is 3. The van der Waals surface area contributed by atoms with Gasteiger partial charge in [-0.3, -0.25) is 0 Å². The van der Waals surface area contributed by atoms with Gasteiger partial charge in [-0.15, -0.1) is 0 Å². The summed E-state index contributed by atoms with van der Waals surface area (Å²) in [5.41, 5.74) is 0. The normalized spacial score (nSPS) is 19.9. The fraction of sp³-hybridized carbons (Fsp3) is 0.739. The van der Waals surface area contributed by atoms with E-state index >= 15 is 0 Å². The molecule has 3 rings (SSSR count). The molecule has 0 bridgehead atoms. The predicted octanol–water partition coefficient (Wildman–Crippen LogP) is 1.06. The van der Waals surface area contributed by atoms with Crippen molar-refractivity contribution in [1.29, 1.82) is 0 Å². The molecule has 0 aliphatic carbocycles. The van der Waals surface area contributed by atoms with Crippen LogP contribution in [0.2, 0.25) is 0 Å². The van der Waals surface area contributed by atoms with Crippen LogP contribution in [0.25, 0.3) is 0 Å². The van der Waals surface area contributed by atoms with Crippen molar-refractivity contribution in [2.45, 2.75) is 50.7 Å². The molecular weight excluding hydrogens is 502 g/mol. The minimum Gasteiger partial charge on any atom is -0.392 e. The Balaban J connectivity index is 1.60. The zero-order valence-electron chi connectivity index (χ0n) is 23.0. The highest BCUT2D eigenvalue weighted by Gasteiger charge is 2.34. The summed E-state index contributed by atoms with van der Waals surface area (Å²) in [5, 5.41) is 8.76. The molecule has 2 atom stereocenters. The highest BCUT2D eigenvalue weighted by molar-refractivity contribution is 5.69. The molecule has 2 fully saturated rings. The quantitative estimate of drug-likeness (QED) is 0.342. The van der Waals surface area contributed by atoms with Gasteiger partial charge in [-0.2, -0.15) is 9.97 Å². The molecule has 15 heteroatoms. The van der Waals surface area contributed by atoms with Gasteiger partial charge in [0.25, 0.3) is 0 Å². The number of carbonyl (C=O) groups excluding carboxylic acids is 2. The van der Waals surface area contributed by atoms with Crippen LogP contribution in [-0.2, 0) is 28.4 Å². The number of ether oxygens (including phenoxy) is 6. The summed E-state index contributed by atoms with van der Waals surface area (Å²) < 4.78 is 30.7. The van der Waals surface area contributed by atoms with Gasteiger partial charge < -0.3 is 54.2 Å². The van der Waals surface area contributed by atoms with Gasteiger partial charge in [0.2, 0.25) is 5.95 Å². The zero-order valence-corrected chi connectivity index (χ0v) is 23.0. The number of carbonyl (C=O) groups is 2. The standard InChI is InChI=1S/C23H39N7O8/c1-22(33-4,34-5)37-20(31)25-15-8-10-29(13-15)18-12-17(24-3)27-19(28-18)30-11-9-16(14-30)26-21(32)38-23(2,35-6)36-7/h12,15-16H,8-11,13-14H2,1-7H3,(H,25,31)(H,26,32)(H,24,27,28). The SMILES string of the molecule is CNc1cc(N2CCC(NC(=O)OC(C)(OC)OC)C2)nc(N2CCC(NC(=O)OC(C)(OC)OC)C2)n1. The van der Waals surface area contributed by atoms with E-state index in [0.717, 1.165) is 5.82 Å². The number of hydrogen-bond donors (Lipinski definition) is 3. The van der Waals surface area contributed by atoms with E-state index in [1.54, 1.807) is 7.05 Å². The van der Waals surface area contributed by atoms with Crippen LogP contribution in [0.4, 0.5) is 27.2 Å². The van der Waals surface area contributed by atoms with Gasteiger partial charge in [0.15, 0.2) is 0 Å². The maximum atomic E-state index is 12.3. The van der Waals surface area contributed by atoms with Gasteiger partial charge in [-0.25, -0.2) is 9.59 Å². The molecule has 2 amide bonds. The van der Waals surface area contributed by atoms with Crippen LogP contribution in [0.3, 0.4) is 0 Å². The van der Waals surface area contributed by atoms with Crippen LogP contribution in [0.5, 0.6) is 0 Å². The summed E-state index contributed by atoms with van der Waals surface area (Å²) in [7, 11) is 7.35. The van der Waals surface area contributed by atoms with E-state index in [9.17, 15) is 9.59 Å². The largest absolute Gasteiger partial charge is 0.411 e. The summed E-state index contributed by atoms with van der Waals surface area (Å²) in [4.78, 5) is 38.1. The Bertz CT molecular complexity index is 889. The molecule has 3 heterocycles. The van der Waals surface area contributed by atoms with Crippen molar-refractivity contribution in [2.75, 3.05) is 76.8 Å². The minimum absolute atomic E-state index is 0.145. The first-order valence-electron chi connectivity index (χ1n) is 12.3. The predicted molar refractivity (Wildman–Crippen MR) is 137 cm³/mol. The fourth-order valence-electron chi connectivity index (χ4n) is 4.06. The summed E-state index contributed by atoms with van der Waals surface area (Å²) in [6, 6.07) is 1.55. The minimum atomic E-state index is -1.46. The van der Waals surface area contributed by atoms with E-state index in [2.05, 4.69) is 25.8 Å².